The molecule has 0 saturated carbocycles. The fourth-order valence-corrected chi connectivity index (χ4v) is 10.9. The molecule has 0 spiro atoms. The van der Waals surface area contributed by atoms with Crippen molar-refractivity contribution in [3.8, 4) is 34.0 Å². The van der Waals surface area contributed by atoms with Gasteiger partial charge in [0.15, 0.2) is 11.4 Å². The summed E-state index contributed by atoms with van der Waals surface area (Å²) in [5.41, 5.74) is 13.4. The summed E-state index contributed by atoms with van der Waals surface area (Å²) < 4.78 is 18.3. The monoisotopic (exact) mass is 816 g/mol. The summed E-state index contributed by atoms with van der Waals surface area (Å²) in [5, 5.41) is 12.4. The average Bonchev–Trinajstić information content (AvgIpc) is 3.98. The lowest BCUT2D eigenvalue weighted by Crippen LogP contribution is -1.99. The van der Waals surface area contributed by atoms with Crippen LogP contribution < -0.4 is 0 Å². The summed E-state index contributed by atoms with van der Waals surface area (Å²) in [6.07, 6.45) is 0. The van der Waals surface area contributed by atoms with Crippen LogP contribution in [0.1, 0.15) is 0 Å². The second-order valence-electron chi connectivity index (χ2n) is 16.8. The van der Waals surface area contributed by atoms with Gasteiger partial charge in [-0.2, -0.15) is 0 Å². The van der Waals surface area contributed by atoms with E-state index < -0.39 is 0 Å². The van der Waals surface area contributed by atoms with Crippen LogP contribution >= 0.6 is 0 Å². The smallest absolute Gasteiger partial charge is 0.180 e. The van der Waals surface area contributed by atoms with Crippen molar-refractivity contribution in [2.45, 2.75) is 0 Å². The molecule has 0 bridgehead atoms. The lowest BCUT2D eigenvalue weighted by Gasteiger charge is -2.15. The van der Waals surface area contributed by atoms with E-state index in [-0.39, 0.29) is 0 Å². The van der Waals surface area contributed by atoms with Crippen LogP contribution in [-0.4, -0.2) is 19.1 Å². The summed E-state index contributed by atoms with van der Waals surface area (Å²) in [7, 11) is 0. The Morgan fingerprint density at radius 1 is 0.344 bits per heavy atom. The Hall–Kier alpha value is -8.74. The third-order valence-electron chi connectivity index (χ3n) is 13.5. The zero-order chi connectivity index (χ0) is 41.6. The fraction of sp³-hybridized carbons (Fsp3) is 0. The highest BCUT2D eigenvalue weighted by molar-refractivity contribution is 6.34. The van der Waals surface area contributed by atoms with Gasteiger partial charge in [-0.3, -0.25) is 0 Å². The first kappa shape index (κ1) is 33.9. The number of benzene rings is 10. The van der Waals surface area contributed by atoms with Crippen LogP contribution in [0.4, 0.5) is 0 Å². The number of hydrogen-bond acceptors (Lipinski definition) is 4. The van der Waals surface area contributed by atoms with Gasteiger partial charge in [-0.15, -0.1) is 0 Å². The third kappa shape index (κ3) is 4.43. The highest BCUT2D eigenvalue weighted by Gasteiger charge is 2.26. The van der Waals surface area contributed by atoms with Crippen LogP contribution in [0, 0.1) is 0 Å². The van der Waals surface area contributed by atoms with Gasteiger partial charge in [0.25, 0.3) is 0 Å². The Bertz CT molecular complexity index is 4330. The van der Waals surface area contributed by atoms with Crippen molar-refractivity contribution in [1.82, 2.24) is 19.1 Å². The molecule has 0 atom stereocenters. The molecule has 0 saturated heterocycles. The van der Waals surface area contributed by atoms with Crippen molar-refractivity contribution in [3.63, 3.8) is 0 Å². The molecule has 6 nitrogen and oxygen atoms in total. The van der Waals surface area contributed by atoms with Crippen LogP contribution in [0.2, 0.25) is 0 Å². The van der Waals surface area contributed by atoms with Gasteiger partial charge in [-0.1, -0.05) is 121 Å². The van der Waals surface area contributed by atoms with Crippen LogP contribution in [0.5, 0.6) is 0 Å². The molecule has 5 aromatic heterocycles. The predicted molar refractivity (Wildman–Crippen MR) is 262 cm³/mol. The molecule has 5 heterocycles. The minimum absolute atomic E-state index is 0.639. The third-order valence-corrected chi connectivity index (χ3v) is 13.5. The van der Waals surface area contributed by atoms with Gasteiger partial charge in [0, 0.05) is 59.9 Å². The molecule has 0 aliphatic rings. The van der Waals surface area contributed by atoms with Crippen molar-refractivity contribution < 1.29 is 8.83 Å². The first-order valence-corrected chi connectivity index (χ1v) is 21.7. The largest absolute Gasteiger partial charge is 0.456 e. The lowest BCUT2D eigenvalue weighted by molar-refractivity contribution is 0.664. The van der Waals surface area contributed by atoms with E-state index >= 15 is 0 Å². The molecule has 0 aliphatic heterocycles. The number of para-hydroxylation sites is 3. The molecule has 0 N–H and O–H groups in total. The topological polar surface area (TPSA) is 61.9 Å². The molecule has 64 heavy (non-hydrogen) atoms. The molecular formula is C58H32N4O2. The maximum atomic E-state index is 6.75. The number of furan rings is 1. The Morgan fingerprint density at radius 3 is 1.72 bits per heavy atom. The molecule has 296 valence electrons. The minimum Gasteiger partial charge on any atom is -0.456 e. The highest BCUT2D eigenvalue weighted by Crippen LogP contribution is 2.47. The molecule has 0 fully saturated rings. The zero-order valence-corrected chi connectivity index (χ0v) is 34.1. The Kier molecular flexibility index (Phi) is 6.59. The standard InChI is InChI=1S/C58H32N4O2/c1-2-15-35(16-3-1)61-42-22-8-6-19-39(42)52-41(21-12-23-44(52)61)56-57-55(40-20-7-9-24-47(40)64-57)59-58(60-56)38-29-32-43(37-18-5-4-17-36(37)38)62-45-30-27-33-13-10-25-48-50(33)53(45)54-46(62)31-28-34-14-11-26-49(63-48)51(34)54/h1-32H. The van der Waals surface area contributed by atoms with E-state index in [1.807, 2.05) is 18.2 Å². The molecule has 0 aliphatic carbocycles. The van der Waals surface area contributed by atoms with Crippen molar-refractivity contribution in [1.29, 1.82) is 0 Å². The quantitative estimate of drug-likeness (QED) is 0.177. The number of aromatic nitrogens is 4. The van der Waals surface area contributed by atoms with Crippen LogP contribution in [0.25, 0.3) is 143 Å². The van der Waals surface area contributed by atoms with Gasteiger partial charge in [-0.25, -0.2) is 9.97 Å². The second-order valence-corrected chi connectivity index (χ2v) is 16.8. The molecule has 0 unspecified atom stereocenters. The maximum absolute atomic E-state index is 6.75. The number of hydrogen-bond donors (Lipinski definition) is 0. The summed E-state index contributed by atoms with van der Waals surface area (Å²) in [5.74, 6) is 0.639. The van der Waals surface area contributed by atoms with E-state index in [0.717, 1.165) is 121 Å². The number of nitrogens with zero attached hydrogens (tertiary/aromatic N) is 4. The van der Waals surface area contributed by atoms with Crippen molar-refractivity contribution >= 4 is 109 Å². The molecule has 15 rings (SSSR count). The van der Waals surface area contributed by atoms with E-state index in [1.165, 1.54) is 10.8 Å². The van der Waals surface area contributed by atoms with E-state index in [1.54, 1.807) is 0 Å². The normalized spacial score (nSPS) is 12.4. The van der Waals surface area contributed by atoms with Gasteiger partial charge >= 0.3 is 0 Å². The summed E-state index contributed by atoms with van der Waals surface area (Å²) >= 11 is 0. The first-order chi connectivity index (χ1) is 31.8. The Balaban J connectivity index is 1.02. The molecule has 10 aromatic carbocycles. The van der Waals surface area contributed by atoms with E-state index in [4.69, 9.17) is 18.8 Å². The minimum atomic E-state index is 0.639. The van der Waals surface area contributed by atoms with E-state index in [2.05, 4.69) is 185 Å². The zero-order valence-electron chi connectivity index (χ0n) is 34.1. The van der Waals surface area contributed by atoms with Crippen molar-refractivity contribution in [2.75, 3.05) is 0 Å². The van der Waals surface area contributed by atoms with Crippen LogP contribution in [0.3, 0.4) is 0 Å². The maximum Gasteiger partial charge on any atom is 0.180 e. The fourth-order valence-electron chi connectivity index (χ4n) is 10.9. The van der Waals surface area contributed by atoms with Crippen molar-refractivity contribution in [3.05, 3.63) is 194 Å². The first-order valence-electron chi connectivity index (χ1n) is 21.7. The molecule has 0 radical (unpaired) electrons. The lowest BCUT2D eigenvalue weighted by atomic mass is 10.00. The summed E-state index contributed by atoms with van der Waals surface area (Å²) in [6.45, 7) is 0. The number of rotatable bonds is 4. The molecule has 15 aromatic rings. The van der Waals surface area contributed by atoms with Gasteiger partial charge in [0.2, 0.25) is 0 Å². The van der Waals surface area contributed by atoms with Crippen LogP contribution in [-0.2, 0) is 0 Å². The van der Waals surface area contributed by atoms with Gasteiger partial charge in [-0.05, 0) is 89.0 Å². The Morgan fingerprint density at radius 2 is 0.953 bits per heavy atom. The Labute approximate surface area is 363 Å². The second kappa shape index (κ2) is 12.4. The van der Waals surface area contributed by atoms with E-state index in [0.29, 0.717) is 11.4 Å². The van der Waals surface area contributed by atoms with Crippen molar-refractivity contribution in [2.24, 2.45) is 0 Å². The van der Waals surface area contributed by atoms with Crippen LogP contribution in [0.15, 0.2) is 203 Å². The van der Waals surface area contributed by atoms with Gasteiger partial charge in [0.1, 0.15) is 28.0 Å². The highest BCUT2D eigenvalue weighted by atomic mass is 16.3. The SMILES string of the molecule is c1ccc(-n2c3ccccc3c3c(-c4nc(-c5ccc(-n6c7ccc8cccc9oc%10cccc%11ccc6c(c%11%10)c7c89)c6ccccc56)nc5c4oc4ccccc45)cccc32)cc1. The predicted octanol–water partition coefficient (Wildman–Crippen LogP) is 15.5. The van der Waals surface area contributed by atoms with E-state index in [9.17, 15) is 0 Å². The average molecular weight is 817 g/mol. The van der Waals surface area contributed by atoms with Gasteiger partial charge in [0.05, 0.1) is 27.8 Å². The molecular weight excluding hydrogens is 785 g/mol. The molecule has 0 amide bonds. The number of fused-ring (bicyclic) bond motifs is 7. The summed E-state index contributed by atoms with van der Waals surface area (Å²) in [6, 6.07) is 68.7. The van der Waals surface area contributed by atoms with Gasteiger partial charge < -0.3 is 18.0 Å². The molecule has 6 heteroatoms. The summed E-state index contributed by atoms with van der Waals surface area (Å²) in [4.78, 5) is 11.0.